The normalized spacial score (nSPS) is 10.3. The van der Waals surface area contributed by atoms with Gasteiger partial charge in [-0.2, -0.15) is 5.10 Å². The lowest BCUT2D eigenvalue weighted by atomic mass is 10.1. The first-order valence-electron chi connectivity index (χ1n) is 5.97. The Balaban J connectivity index is 2.46. The predicted molar refractivity (Wildman–Crippen MR) is 72.5 cm³/mol. The topological polar surface area (TPSA) is 92.3 Å². The lowest BCUT2D eigenvalue weighted by molar-refractivity contribution is 0.0696. The quantitative estimate of drug-likeness (QED) is 0.895. The number of aryl methyl sites for hydroxylation is 3. The van der Waals surface area contributed by atoms with Crippen molar-refractivity contribution in [3.63, 3.8) is 0 Å². The molecule has 2 N–H and O–H groups in total. The van der Waals surface area contributed by atoms with E-state index in [9.17, 15) is 9.59 Å². The van der Waals surface area contributed by atoms with E-state index in [2.05, 4.69) is 10.2 Å². The molecular weight excluding hydrogens is 260 g/mol. The van der Waals surface area contributed by atoms with Gasteiger partial charge < -0.3 is 9.84 Å². The number of carboxylic acids is 1. The highest BCUT2D eigenvalue weighted by atomic mass is 16.5. The molecule has 104 valence electrons. The average Bonchev–Trinajstić information content (AvgIpc) is 2.37. The molecule has 0 spiro atoms. The molecule has 0 bridgehead atoms. The van der Waals surface area contributed by atoms with E-state index >= 15 is 0 Å². The van der Waals surface area contributed by atoms with Crippen LogP contribution in [0.5, 0.6) is 11.5 Å². The van der Waals surface area contributed by atoms with Gasteiger partial charge in [-0.25, -0.2) is 9.89 Å². The molecule has 0 saturated heterocycles. The van der Waals surface area contributed by atoms with Crippen LogP contribution in [0.1, 0.15) is 27.2 Å². The first kappa shape index (κ1) is 13.8. The number of carboxylic acid groups (broad SMARTS) is 1. The molecule has 20 heavy (non-hydrogen) atoms. The Bertz CT molecular complexity index is 711. The van der Waals surface area contributed by atoms with Gasteiger partial charge in [-0.1, -0.05) is 0 Å². The second kappa shape index (κ2) is 5.16. The van der Waals surface area contributed by atoms with E-state index in [1.807, 2.05) is 0 Å². The number of hydrogen-bond acceptors (Lipinski definition) is 4. The van der Waals surface area contributed by atoms with Crippen LogP contribution in [-0.2, 0) is 0 Å². The summed E-state index contributed by atoms with van der Waals surface area (Å²) >= 11 is 0. The largest absolute Gasteiger partial charge is 0.478 e. The number of benzene rings is 1. The summed E-state index contributed by atoms with van der Waals surface area (Å²) in [6.45, 7) is 5.20. The van der Waals surface area contributed by atoms with E-state index in [0.717, 1.165) is 0 Å². The summed E-state index contributed by atoms with van der Waals surface area (Å²) in [5.74, 6) is -0.391. The van der Waals surface area contributed by atoms with Gasteiger partial charge in [0.25, 0.3) is 0 Å². The number of carbonyl (C=O) groups is 1. The maximum absolute atomic E-state index is 11.6. The van der Waals surface area contributed by atoms with Crippen LogP contribution in [0.4, 0.5) is 0 Å². The van der Waals surface area contributed by atoms with Gasteiger partial charge >= 0.3 is 11.5 Å². The van der Waals surface area contributed by atoms with Gasteiger partial charge in [0.05, 0.1) is 11.3 Å². The van der Waals surface area contributed by atoms with Gasteiger partial charge in [-0.15, -0.1) is 0 Å². The SMILES string of the molecule is Cc1cc(Oc2c(C)cc(C(=O)O)cc2C)c(=O)[nH]n1. The van der Waals surface area contributed by atoms with Crippen LogP contribution in [0.15, 0.2) is 23.0 Å². The maximum atomic E-state index is 11.6. The third-order valence-corrected chi connectivity index (χ3v) is 2.82. The summed E-state index contributed by atoms with van der Waals surface area (Å²) in [6.07, 6.45) is 0. The summed E-state index contributed by atoms with van der Waals surface area (Å²) < 4.78 is 5.61. The fraction of sp³-hybridized carbons (Fsp3) is 0.214. The van der Waals surface area contributed by atoms with Crippen LogP contribution in [0.3, 0.4) is 0 Å². The highest BCUT2D eigenvalue weighted by Crippen LogP contribution is 2.28. The molecular formula is C14H14N2O4. The van der Waals surface area contributed by atoms with E-state index in [1.165, 1.54) is 18.2 Å². The van der Waals surface area contributed by atoms with Gasteiger partial charge in [-0.3, -0.25) is 4.79 Å². The van der Waals surface area contributed by atoms with Gasteiger partial charge in [0.2, 0.25) is 0 Å². The van der Waals surface area contributed by atoms with Crippen LogP contribution >= 0.6 is 0 Å². The Morgan fingerprint density at radius 1 is 1.20 bits per heavy atom. The molecule has 0 aliphatic rings. The average molecular weight is 274 g/mol. The molecule has 0 radical (unpaired) electrons. The molecule has 1 heterocycles. The molecule has 2 rings (SSSR count). The third-order valence-electron chi connectivity index (χ3n) is 2.82. The van der Waals surface area contributed by atoms with Crippen LogP contribution in [0, 0.1) is 20.8 Å². The van der Waals surface area contributed by atoms with Crippen LogP contribution in [0.2, 0.25) is 0 Å². The van der Waals surface area contributed by atoms with Crippen molar-refractivity contribution >= 4 is 5.97 Å². The lowest BCUT2D eigenvalue weighted by Gasteiger charge is -2.12. The lowest BCUT2D eigenvalue weighted by Crippen LogP contribution is -2.12. The number of aromatic amines is 1. The van der Waals surface area contributed by atoms with Gasteiger partial charge in [0.15, 0.2) is 5.75 Å². The second-order valence-electron chi connectivity index (χ2n) is 4.55. The molecule has 0 aliphatic carbocycles. The second-order valence-corrected chi connectivity index (χ2v) is 4.55. The van der Waals surface area contributed by atoms with Crippen molar-refractivity contribution in [2.24, 2.45) is 0 Å². The van der Waals surface area contributed by atoms with Crippen molar-refractivity contribution in [3.8, 4) is 11.5 Å². The summed E-state index contributed by atoms with van der Waals surface area (Å²) in [4.78, 5) is 22.6. The molecule has 0 amide bonds. The predicted octanol–water partition coefficient (Wildman–Crippen LogP) is 2.19. The van der Waals surface area contributed by atoms with Crippen molar-refractivity contribution in [2.75, 3.05) is 0 Å². The fourth-order valence-corrected chi connectivity index (χ4v) is 1.90. The number of nitrogens with zero attached hydrogens (tertiary/aromatic N) is 1. The van der Waals surface area contributed by atoms with Gasteiger partial charge in [-0.05, 0) is 44.0 Å². The fourth-order valence-electron chi connectivity index (χ4n) is 1.90. The smallest absolute Gasteiger partial charge is 0.335 e. The minimum atomic E-state index is -1.000. The highest BCUT2D eigenvalue weighted by molar-refractivity contribution is 5.88. The number of nitrogens with one attached hydrogen (secondary N) is 1. The molecule has 0 aliphatic heterocycles. The summed E-state index contributed by atoms with van der Waals surface area (Å²) in [7, 11) is 0. The number of aromatic nitrogens is 2. The molecule has 0 fully saturated rings. The minimum absolute atomic E-state index is 0.131. The third kappa shape index (κ3) is 2.69. The molecule has 0 unspecified atom stereocenters. The molecule has 1 aromatic carbocycles. The first-order chi connectivity index (χ1) is 9.38. The monoisotopic (exact) mass is 274 g/mol. The van der Waals surface area contributed by atoms with E-state index in [0.29, 0.717) is 22.6 Å². The number of H-pyrrole nitrogens is 1. The first-order valence-corrected chi connectivity index (χ1v) is 5.97. The molecule has 6 nitrogen and oxygen atoms in total. The van der Waals surface area contributed by atoms with Crippen LogP contribution in [0.25, 0.3) is 0 Å². The van der Waals surface area contributed by atoms with Crippen molar-refractivity contribution in [1.29, 1.82) is 0 Å². The molecule has 0 atom stereocenters. The molecule has 1 aromatic heterocycles. The summed E-state index contributed by atoms with van der Waals surface area (Å²) in [5, 5.41) is 15.1. The Morgan fingerprint density at radius 2 is 1.80 bits per heavy atom. The van der Waals surface area contributed by atoms with Gasteiger partial charge in [0.1, 0.15) is 5.75 Å². The summed E-state index contributed by atoms with van der Waals surface area (Å²) in [5.41, 5.74) is 1.67. The highest BCUT2D eigenvalue weighted by Gasteiger charge is 2.13. The molecule has 0 saturated carbocycles. The number of hydrogen-bond donors (Lipinski definition) is 2. The van der Waals surface area contributed by atoms with E-state index in [-0.39, 0.29) is 11.3 Å². The van der Waals surface area contributed by atoms with Crippen molar-refractivity contribution in [2.45, 2.75) is 20.8 Å². The zero-order valence-corrected chi connectivity index (χ0v) is 11.4. The Kier molecular flexibility index (Phi) is 3.56. The molecule has 6 heteroatoms. The number of ether oxygens (including phenoxy) is 1. The van der Waals surface area contributed by atoms with E-state index in [1.54, 1.807) is 20.8 Å². The molecule has 2 aromatic rings. The Hall–Kier alpha value is -2.63. The number of aromatic carboxylic acids is 1. The zero-order chi connectivity index (χ0) is 14.9. The maximum Gasteiger partial charge on any atom is 0.335 e. The standard InChI is InChI=1S/C14H14N2O4/c1-7-4-10(14(18)19)5-8(2)12(7)20-11-6-9(3)15-16-13(11)17/h4-6H,1-3H3,(H,16,17)(H,18,19). The van der Waals surface area contributed by atoms with Crippen LogP contribution < -0.4 is 10.3 Å². The van der Waals surface area contributed by atoms with Crippen molar-refractivity contribution in [3.05, 3.63) is 50.9 Å². The van der Waals surface area contributed by atoms with E-state index < -0.39 is 11.5 Å². The van der Waals surface area contributed by atoms with Crippen molar-refractivity contribution in [1.82, 2.24) is 10.2 Å². The van der Waals surface area contributed by atoms with Gasteiger partial charge in [0, 0.05) is 6.07 Å². The zero-order valence-electron chi connectivity index (χ0n) is 11.4. The Labute approximate surface area is 115 Å². The Morgan fingerprint density at radius 3 is 2.35 bits per heavy atom. The minimum Gasteiger partial charge on any atom is -0.478 e. The van der Waals surface area contributed by atoms with E-state index in [4.69, 9.17) is 9.84 Å². The summed E-state index contributed by atoms with van der Waals surface area (Å²) in [6, 6.07) is 4.54. The van der Waals surface area contributed by atoms with Crippen LogP contribution in [-0.4, -0.2) is 21.3 Å². The van der Waals surface area contributed by atoms with Crippen molar-refractivity contribution < 1.29 is 14.6 Å². The number of rotatable bonds is 3.